The summed E-state index contributed by atoms with van der Waals surface area (Å²) < 4.78 is 10.6. The quantitative estimate of drug-likeness (QED) is 0.803. The molecule has 1 saturated heterocycles. The number of hydrogen-bond donors (Lipinski definition) is 3. The Kier molecular flexibility index (Phi) is 4.20. The molecule has 0 spiro atoms. The zero-order valence-corrected chi connectivity index (χ0v) is 12.9. The molecular formula is C16H21N3O3. The van der Waals surface area contributed by atoms with Crippen LogP contribution in [-0.2, 0) is 0 Å². The molecule has 22 heavy (non-hydrogen) atoms. The highest BCUT2D eigenvalue weighted by Gasteiger charge is 2.18. The number of carbonyl (C=O) groups excluding carboxylic acids is 1. The number of methoxy groups -OCH3 is 2. The van der Waals surface area contributed by atoms with Gasteiger partial charge in [-0.15, -0.1) is 0 Å². The number of benzene rings is 1. The summed E-state index contributed by atoms with van der Waals surface area (Å²) >= 11 is 0. The van der Waals surface area contributed by atoms with E-state index in [1.807, 2.05) is 12.1 Å². The first-order valence-corrected chi connectivity index (χ1v) is 7.47. The van der Waals surface area contributed by atoms with E-state index < -0.39 is 0 Å². The maximum Gasteiger partial charge on any atom is 0.267 e. The van der Waals surface area contributed by atoms with Gasteiger partial charge in [-0.3, -0.25) is 4.79 Å². The first kappa shape index (κ1) is 14.7. The van der Waals surface area contributed by atoms with Crippen molar-refractivity contribution in [1.82, 2.24) is 15.6 Å². The van der Waals surface area contributed by atoms with Gasteiger partial charge in [0.05, 0.1) is 19.7 Å². The van der Waals surface area contributed by atoms with E-state index in [0.29, 0.717) is 17.2 Å². The van der Waals surface area contributed by atoms with Gasteiger partial charge in [0.25, 0.3) is 5.91 Å². The number of aromatic nitrogens is 1. The molecule has 2 aromatic rings. The topological polar surface area (TPSA) is 75.4 Å². The van der Waals surface area contributed by atoms with Crippen LogP contribution >= 0.6 is 0 Å². The highest BCUT2D eigenvalue weighted by atomic mass is 16.5. The molecule has 1 aliphatic heterocycles. The van der Waals surface area contributed by atoms with Gasteiger partial charge in [0.1, 0.15) is 17.2 Å². The number of fused-ring (bicyclic) bond motifs is 1. The predicted molar refractivity (Wildman–Crippen MR) is 84.8 cm³/mol. The smallest absolute Gasteiger partial charge is 0.267 e. The Hall–Kier alpha value is -2.21. The van der Waals surface area contributed by atoms with E-state index >= 15 is 0 Å². The zero-order chi connectivity index (χ0) is 15.5. The SMILES string of the molecule is COc1cc(OC)c2[nH]c(C(=O)N[C@@H]3CCCNC3)cc2c1. The first-order valence-electron chi connectivity index (χ1n) is 7.47. The second-order valence-corrected chi connectivity index (χ2v) is 5.49. The molecule has 1 atom stereocenters. The minimum Gasteiger partial charge on any atom is -0.497 e. The van der Waals surface area contributed by atoms with E-state index in [1.165, 1.54) is 0 Å². The molecule has 1 aliphatic rings. The van der Waals surface area contributed by atoms with E-state index in [-0.39, 0.29) is 11.9 Å². The number of aromatic amines is 1. The van der Waals surface area contributed by atoms with Crippen LogP contribution in [0.4, 0.5) is 0 Å². The van der Waals surface area contributed by atoms with Gasteiger partial charge in [-0.05, 0) is 31.5 Å². The average molecular weight is 303 g/mol. The second-order valence-electron chi connectivity index (χ2n) is 5.49. The Labute approximate surface area is 129 Å². The monoisotopic (exact) mass is 303 g/mol. The van der Waals surface area contributed by atoms with E-state index in [9.17, 15) is 4.79 Å². The summed E-state index contributed by atoms with van der Waals surface area (Å²) in [5, 5.41) is 7.24. The Morgan fingerprint density at radius 2 is 2.14 bits per heavy atom. The Morgan fingerprint density at radius 3 is 2.82 bits per heavy atom. The average Bonchev–Trinajstić information content (AvgIpc) is 2.99. The molecule has 6 nitrogen and oxygen atoms in total. The van der Waals surface area contributed by atoms with Crippen molar-refractivity contribution in [2.45, 2.75) is 18.9 Å². The molecule has 118 valence electrons. The number of nitrogens with one attached hydrogen (secondary N) is 3. The summed E-state index contributed by atoms with van der Waals surface area (Å²) in [6, 6.07) is 5.69. The van der Waals surface area contributed by atoms with Gasteiger partial charge >= 0.3 is 0 Å². The highest BCUT2D eigenvalue weighted by Crippen LogP contribution is 2.31. The molecule has 0 saturated carbocycles. The van der Waals surface area contributed by atoms with E-state index in [0.717, 1.165) is 36.8 Å². The molecule has 2 heterocycles. The van der Waals surface area contributed by atoms with Crippen molar-refractivity contribution in [2.24, 2.45) is 0 Å². The van der Waals surface area contributed by atoms with Gasteiger partial charge in [0, 0.05) is 24.0 Å². The molecule has 1 aromatic heterocycles. The molecule has 6 heteroatoms. The van der Waals surface area contributed by atoms with Crippen molar-refractivity contribution < 1.29 is 14.3 Å². The lowest BCUT2D eigenvalue weighted by atomic mass is 10.1. The van der Waals surface area contributed by atoms with Crippen molar-refractivity contribution in [1.29, 1.82) is 0 Å². The molecular weight excluding hydrogens is 282 g/mol. The van der Waals surface area contributed by atoms with Crippen LogP contribution in [0.15, 0.2) is 18.2 Å². The molecule has 1 aromatic carbocycles. The summed E-state index contributed by atoms with van der Waals surface area (Å²) in [6.45, 7) is 1.85. The second kappa shape index (κ2) is 6.27. The van der Waals surface area contributed by atoms with Crippen LogP contribution in [0.5, 0.6) is 11.5 Å². The number of amides is 1. The van der Waals surface area contributed by atoms with Crippen LogP contribution < -0.4 is 20.1 Å². The van der Waals surface area contributed by atoms with Crippen LogP contribution in [-0.4, -0.2) is 44.2 Å². The molecule has 0 aliphatic carbocycles. The number of carbonyl (C=O) groups is 1. The van der Waals surface area contributed by atoms with Crippen LogP contribution in [0.25, 0.3) is 10.9 Å². The summed E-state index contributed by atoms with van der Waals surface area (Å²) in [5.41, 5.74) is 1.34. The van der Waals surface area contributed by atoms with E-state index in [1.54, 1.807) is 20.3 Å². The van der Waals surface area contributed by atoms with Crippen molar-refractivity contribution in [3.8, 4) is 11.5 Å². The maximum atomic E-state index is 12.4. The van der Waals surface area contributed by atoms with Crippen molar-refractivity contribution >= 4 is 16.8 Å². The Balaban J connectivity index is 1.85. The number of rotatable bonds is 4. The van der Waals surface area contributed by atoms with E-state index in [2.05, 4.69) is 15.6 Å². The zero-order valence-electron chi connectivity index (χ0n) is 12.9. The third-order valence-electron chi connectivity index (χ3n) is 4.00. The fraction of sp³-hybridized carbons (Fsp3) is 0.438. The molecule has 3 rings (SSSR count). The van der Waals surface area contributed by atoms with Gasteiger partial charge < -0.3 is 25.1 Å². The number of H-pyrrole nitrogens is 1. The first-order chi connectivity index (χ1) is 10.7. The largest absolute Gasteiger partial charge is 0.497 e. The standard InChI is InChI=1S/C16H21N3O3/c1-21-12-6-10-7-13(19-15(10)14(8-12)22-2)16(20)18-11-4-3-5-17-9-11/h6-8,11,17,19H,3-5,9H2,1-2H3,(H,18,20)/t11-/m1/s1. The summed E-state index contributed by atoms with van der Waals surface area (Å²) in [4.78, 5) is 15.5. The van der Waals surface area contributed by atoms with Crippen molar-refractivity contribution in [3.63, 3.8) is 0 Å². The van der Waals surface area contributed by atoms with Crippen molar-refractivity contribution in [3.05, 3.63) is 23.9 Å². The van der Waals surface area contributed by atoms with Gasteiger partial charge in [-0.1, -0.05) is 0 Å². The molecule has 1 amide bonds. The fourth-order valence-electron chi connectivity index (χ4n) is 2.82. The maximum absolute atomic E-state index is 12.4. The third kappa shape index (κ3) is 2.87. The Morgan fingerprint density at radius 1 is 1.27 bits per heavy atom. The molecule has 0 unspecified atom stereocenters. The molecule has 0 radical (unpaired) electrons. The van der Waals surface area contributed by atoms with Crippen molar-refractivity contribution in [2.75, 3.05) is 27.3 Å². The summed E-state index contributed by atoms with van der Waals surface area (Å²) in [5.74, 6) is 1.27. The summed E-state index contributed by atoms with van der Waals surface area (Å²) in [6.07, 6.45) is 2.10. The minimum atomic E-state index is -0.0917. The lowest BCUT2D eigenvalue weighted by Gasteiger charge is -2.23. The predicted octanol–water partition coefficient (Wildman–Crippen LogP) is 1.67. The lowest BCUT2D eigenvalue weighted by molar-refractivity contribution is 0.0926. The van der Waals surface area contributed by atoms with Crippen LogP contribution in [0.2, 0.25) is 0 Å². The highest BCUT2D eigenvalue weighted by molar-refractivity contribution is 6.00. The molecule has 1 fully saturated rings. The number of hydrogen-bond acceptors (Lipinski definition) is 4. The number of ether oxygens (including phenoxy) is 2. The Bertz CT molecular complexity index is 675. The van der Waals surface area contributed by atoms with Gasteiger partial charge in [0.15, 0.2) is 0 Å². The van der Waals surface area contributed by atoms with Crippen LogP contribution in [0.1, 0.15) is 23.3 Å². The van der Waals surface area contributed by atoms with Gasteiger partial charge in [-0.2, -0.15) is 0 Å². The lowest BCUT2D eigenvalue weighted by Crippen LogP contribution is -2.45. The van der Waals surface area contributed by atoms with Crippen LogP contribution in [0.3, 0.4) is 0 Å². The fourth-order valence-corrected chi connectivity index (χ4v) is 2.82. The number of piperidine rings is 1. The minimum absolute atomic E-state index is 0.0917. The van der Waals surface area contributed by atoms with E-state index in [4.69, 9.17) is 9.47 Å². The van der Waals surface area contributed by atoms with Gasteiger partial charge in [0.2, 0.25) is 0 Å². The summed E-state index contributed by atoms with van der Waals surface area (Å²) in [7, 11) is 3.21. The normalized spacial score (nSPS) is 18.2. The molecule has 0 bridgehead atoms. The molecule has 3 N–H and O–H groups in total. The van der Waals surface area contributed by atoms with Gasteiger partial charge in [-0.25, -0.2) is 0 Å². The van der Waals surface area contributed by atoms with Crippen LogP contribution in [0, 0.1) is 0 Å². The third-order valence-corrected chi connectivity index (χ3v) is 4.00.